The molecule has 3 heterocycles. The molecule has 0 aliphatic rings. The number of nitrogens with zero attached hydrogens (tertiary/aromatic N) is 4. The van der Waals surface area contributed by atoms with Gasteiger partial charge < -0.3 is 9.84 Å². The summed E-state index contributed by atoms with van der Waals surface area (Å²) in [5.74, 6) is -0.620. The summed E-state index contributed by atoms with van der Waals surface area (Å²) in [6, 6.07) is 1.68. The third-order valence-corrected chi connectivity index (χ3v) is 3.10. The van der Waals surface area contributed by atoms with E-state index in [0.29, 0.717) is 22.6 Å². The lowest BCUT2D eigenvalue weighted by atomic mass is 10.2. The topological polar surface area (TPSA) is 106 Å². The van der Waals surface area contributed by atoms with Crippen LogP contribution in [0.15, 0.2) is 12.3 Å². The fraction of sp³-hybridized carbons (Fsp3) is 0.231. The van der Waals surface area contributed by atoms with Gasteiger partial charge in [0.05, 0.1) is 11.1 Å². The van der Waals surface area contributed by atoms with E-state index in [9.17, 15) is 9.90 Å². The molecule has 0 saturated heterocycles. The molecule has 108 valence electrons. The smallest absolute Gasteiger partial charge is 0.341 e. The first-order valence-corrected chi connectivity index (χ1v) is 6.23. The Morgan fingerprint density at radius 2 is 2.19 bits per heavy atom. The van der Waals surface area contributed by atoms with Crippen LogP contribution in [0.3, 0.4) is 0 Å². The van der Waals surface area contributed by atoms with Gasteiger partial charge in [-0.25, -0.2) is 9.78 Å². The van der Waals surface area contributed by atoms with Crippen molar-refractivity contribution >= 4 is 17.0 Å². The first-order valence-electron chi connectivity index (χ1n) is 6.23. The third-order valence-electron chi connectivity index (χ3n) is 3.10. The Hall–Kier alpha value is -2.90. The van der Waals surface area contributed by atoms with Crippen LogP contribution in [0.5, 0.6) is 11.6 Å². The van der Waals surface area contributed by atoms with Crippen molar-refractivity contribution in [1.29, 1.82) is 0 Å². The molecule has 0 atom stereocenters. The van der Waals surface area contributed by atoms with E-state index in [-0.39, 0.29) is 11.3 Å². The molecule has 0 aliphatic heterocycles. The van der Waals surface area contributed by atoms with Crippen LogP contribution in [-0.4, -0.2) is 36.0 Å². The molecule has 0 fully saturated rings. The number of aromatic carboxylic acids is 1. The molecule has 0 saturated carbocycles. The Morgan fingerprint density at radius 3 is 2.81 bits per heavy atom. The molecule has 8 nitrogen and oxygen atoms in total. The minimum atomic E-state index is -1.12. The highest BCUT2D eigenvalue weighted by molar-refractivity contribution is 5.99. The van der Waals surface area contributed by atoms with Crippen molar-refractivity contribution in [3.05, 3.63) is 29.2 Å². The predicted molar refractivity (Wildman–Crippen MR) is 73.6 cm³/mol. The molecule has 0 unspecified atom stereocenters. The van der Waals surface area contributed by atoms with E-state index in [1.807, 2.05) is 6.92 Å². The lowest BCUT2D eigenvalue weighted by molar-refractivity contribution is 0.0694. The van der Waals surface area contributed by atoms with Gasteiger partial charge in [0.2, 0.25) is 5.88 Å². The average molecular weight is 287 g/mol. The van der Waals surface area contributed by atoms with Crippen molar-refractivity contribution in [2.75, 3.05) is 0 Å². The number of hydrogen-bond donors (Lipinski definition) is 2. The number of H-pyrrole nitrogens is 1. The highest BCUT2D eigenvalue weighted by Crippen LogP contribution is 2.33. The van der Waals surface area contributed by atoms with Gasteiger partial charge in [0.25, 0.3) is 0 Å². The number of aryl methyl sites for hydroxylation is 3. The number of fused-ring (bicyclic) bond motifs is 1. The van der Waals surface area contributed by atoms with Crippen LogP contribution in [0.4, 0.5) is 0 Å². The summed E-state index contributed by atoms with van der Waals surface area (Å²) in [7, 11) is 1.74. The summed E-state index contributed by atoms with van der Waals surface area (Å²) in [6.07, 6.45) is 1.26. The molecule has 3 aromatic heterocycles. The quantitative estimate of drug-likeness (QED) is 0.760. The Labute approximate surface area is 119 Å². The van der Waals surface area contributed by atoms with E-state index in [1.54, 1.807) is 24.7 Å². The molecule has 0 amide bonds. The second-order valence-electron chi connectivity index (χ2n) is 4.71. The average Bonchev–Trinajstić information content (AvgIpc) is 2.94. The zero-order chi connectivity index (χ0) is 15.1. The van der Waals surface area contributed by atoms with Gasteiger partial charge in [-0.3, -0.25) is 9.78 Å². The van der Waals surface area contributed by atoms with Crippen LogP contribution < -0.4 is 4.74 Å². The van der Waals surface area contributed by atoms with Gasteiger partial charge in [0.1, 0.15) is 5.56 Å². The van der Waals surface area contributed by atoms with Gasteiger partial charge in [-0.05, 0) is 13.8 Å². The molecule has 21 heavy (non-hydrogen) atoms. The minimum Gasteiger partial charge on any atom is -0.477 e. The molecule has 2 N–H and O–H groups in total. The summed E-state index contributed by atoms with van der Waals surface area (Å²) < 4.78 is 7.26. The maximum absolute atomic E-state index is 11.4. The molecule has 3 rings (SSSR count). The summed E-state index contributed by atoms with van der Waals surface area (Å²) >= 11 is 0. The summed E-state index contributed by atoms with van der Waals surface area (Å²) in [6.45, 7) is 3.60. The summed E-state index contributed by atoms with van der Waals surface area (Å²) in [5.41, 5.74) is 1.99. The highest BCUT2D eigenvalue weighted by atomic mass is 16.5. The molecular weight excluding hydrogens is 274 g/mol. The van der Waals surface area contributed by atoms with Gasteiger partial charge in [-0.15, -0.1) is 5.10 Å². The van der Waals surface area contributed by atoms with Gasteiger partial charge >= 0.3 is 5.97 Å². The van der Waals surface area contributed by atoms with Crippen molar-refractivity contribution in [3.8, 4) is 11.6 Å². The number of carbonyl (C=O) groups is 1. The van der Waals surface area contributed by atoms with Crippen LogP contribution in [0.1, 0.15) is 21.7 Å². The highest BCUT2D eigenvalue weighted by Gasteiger charge is 2.21. The van der Waals surface area contributed by atoms with Crippen molar-refractivity contribution in [2.24, 2.45) is 7.05 Å². The van der Waals surface area contributed by atoms with E-state index in [2.05, 4.69) is 20.3 Å². The lowest BCUT2D eigenvalue weighted by Gasteiger charge is -2.07. The first kappa shape index (κ1) is 13.1. The van der Waals surface area contributed by atoms with Crippen molar-refractivity contribution < 1.29 is 14.6 Å². The number of carboxylic acid groups (broad SMARTS) is 1. The Balaban J connectivity index is 2.25. The number of carboxylic acids is 1. The zero-order valence-corrected chi connectivity index (χ0v) is 11.7. The Morgan fingerprint density at radius 1 is 1.43 bits per heavy atom. The second-order valence-corrected chi connectivity index (χ2v) is 4.71. The standard InChI is InChI=1S/C13H13N5O3/c1-6-4-9(16-15-6)21-11-8(13(19)20)5-14-12-10(11)7(2)17-18(12)3/h4-5H,1-3H3,(H,15,16)(H,19,20). The SMILES string of the molecule is Cc1cc(Oc2c(C(=O)O)cnc3c2c(C)nn3C)n[nH]1. The molecule has 0 radical (unpaired) electrons. The first-order chi connectivity index (χ1) is 9.97. The number of hydrogen-bond acceptors (Lipinski definition) is 5. The number of nitrogens with one attached hydrogen (secondary N) is 1. The normalized spacial score (nSPS) is 11.0. The summed E-state index contributed by atoms with van der Waals surface area (Å²) in [5, 5.41) is 20.9. The molecule has 0 aromatic carbocycles. The maximum atomic E-state index is 11.4. The molecule has 0 aliphatic carbocycles. The van der Waals surface area contributed by atoms with Gasteiger partial charge in [-0.1, -0.05) is 0 Å². The molecule has 0 bridgehead atoms. The second kappa shape index (κ2) is 4.58. The minimum absolute atomic E-state index is 0.0285. The van der Waals surface area contributed by atoms with Crippen LogP contribution >= 0.6 is 0 Å². The number of aromatic nitrogens is 5. The van der Waals surface area contributed by atoms with E-state index in [4.69, 9.17) is 4.74 Å². The van der Waals surface area contributed by atoms with Crippen molar-refractivity contribution in [1.82, 2.24) is 25.0 Å². The molecule has 3 aromatic rings. The molecule has 8 heteroatoms. The monoisotopic (exact) mass is 287 g/mol. The van der Waals surface area contributed by atoms with E-state index in [0.717, 1.165) is 5.69 Å². The molecule has 0 spiro atoms. The van der Waals surface area contributed by atoms with Crippen molar-refractivity contribution in [3.63, 3.8) is 0 Å². The van der Waals surface area contributed by atoms with Crippen LogP contribution in [-0.2, 0) is 7.05 Å². The van der Waals surface area contributed by atoms with Gasteiger partial charge in [0, 0.05) is 25.0 Å². The lowest BCUT2D eigenvalue weighted by Crippen LogP contribution is -2.03. The van der Waals surface area contributed by atoms with Crippen LogP contribution in [0.2, 0.25) is 0 Å². The zero-order valence-electron chi connectivity index (χ0n) is 11.7. The summed E-state index contributed by atoms with van der Waals surface area (Å²) in [4.78, 5) is 15.5. The number of pyridine rings is 1. The fourth-order valence-electron chi connectivity index (χ4n) is 2.19. The largest absolute Gasteiger partial charge is 0.477 e. The van der Waals surface area contributed by atoms with Gasteiger partial charge in [-0.2, -0.15) is 5.10 Å². The Bertz CT molecular complexity index is 849. The van der Waals surface area contributed by atoms with E-state index in [1.165, 1.54) is 6.20 Å². The number of rotatable bonds is 3. The molecular formula is C13H13N5O3. The van der Waals surface area contributed by atoms with Crippen LogP contribution in [0.25, 0.3) is 11.0 Å². The number of aromatic amines is 1. The fourth-order valence-corrected chi connectivity index (χ4v) is 2.19. The predicted octanol–water partition coefficient (Wildman–Crippen LogP) is 1.80. The van der Waals surface area contributed by atoms with Crippen LogP contribution in [0, 0.1) is 13.8 Å². The maximum Gasteiger partial charge on any atom is 0.341 e. The third kappa shape index (κ3) is 2.10. The number of ether oxygens (including phenoxy) is 1. The Kier molecular flexibility index (Phi) is 2.86. The van der Waals surface area contributed by atoms with Gasteiger partial charge in [0.15, 0.2) is 11.4 Å². The van der Waals surface area contributed by atoms with Crippen molar-refractivity contribution in [2.45, 2.75) is 13.8 Å². The van der Waals surface area contributed by atoms with E-state index < -0.39 is 5.97 Å². The van der Waals surface area contributed by atoms with E-state index >= 15 is 0 Å².